The number of hydrogen-bond acceptors (Lipinski definition) is 0. The molecule has 59 valence electrons. The molecule has 0 saturated heterocycles. The van der Waals surface area contributed by atoms with Gasteiger partial charge in [-0.05, 0) is 30.5 Å². The van der Waals surface area contributed by atoms with E-state index in [0.29, 0.717) is 0 Å². The molecule has 2 heteroatoms. The highest BCUT2D eigenvalue weighted by molar-refractivity contribution is 9.09. The molecule has 0 bridgehead atoms. The summed E-state index contributed by atoms with van der Waals surface area (Å²) in [5, 5.41) is 1.64. The number of hydrogen-bond donors (Lipinski definition) is 0. The quantitative estimate of drug-likeness (QED) is 0.683. The summed E-state index contributed by atoms with van der Waals surface area (Å²) in [6, 6.07) is 7.79. The normalized spacial score (nSPS) is 13.0. The first-order chi connectivity index (χ1) is 5.24. The van der Waals surface area contributed by atoms with Crippen LogP contribution in [0.5, 0.6) is 0 Å². The predicted molar refractivity (Wildman–Crippen MR) is 53.3 cm³/mol. The van der Waals surface area contributed by atoms with E-state index in [1.54, 1.807) is 0 Å². The molecule has 0 nitrogen and oxygen atoms in total. The second-order valence-electron chi connectivity index (χ2n) is 2.41. The third-order valence-electron chi connectivity index (χ3n) is 1.51. The first kappa shape index (κ1) is 9.08. The molecule has 1 unspecified atom stereocenters. The van der Waals surface area contributed by atoms with Gasteiger partial charge in [-0.15, -0.1) is 0 Å². The molecule has 1 aromatic carbocycles. The van der Waals surface area contributed by atoms with Gasteiger partial charge in [0, 0.05) is 10.4 Å². The Bertz CT molecular complexity index is 235. The molecule has 0 aliphatic rings. The van der Waals surface area contributed by atoms with Crippen LogP contribution in [0.1, 0.15) is 11.5 Å². The van der Waals surface area contributed by atoms with Crippen molar-refractivity contribution in [2.24, 2.45) is 0 Å². The lowest BCUT2D eigenvalue weighted by molar-refractivity contribution is 0.989. The summed E-state index contributed by atoms with van der Waals surface area (Å²) < 4.78 is 0. The summed E-state index contributed by atoms with van der Waals surface area (Å²) in [6.07, 6.45) is 0. The highest BCUT2D eigenvalue weighted by Gasteiger charge is 2.02. The van der Waals surface area contributed by atoms with Crippen LogP contribution in [0.15, 0.2) is 24.3 Å². The fourth-order valence-electron chi connectivity index (χ4n) is 0.850. The van der Waals surface area contributed by atoms with E-state index in [-0.39, 0.29) is 5.92 Å². The zero-order chi connectivity index (χ0) is 8.27. The largest absolute Gasteiger partial charge is 0.0921 e. The topological polar surface area (TPSA) is 0 Å². The van der Waals surface area contributed by atoms with Gasteiger partial charge in [-0.2, -0.15) is 0 Å². The molecule has 0 N–H and O–H groups in total. The van der Waals surface area contributed by atoms with E-state index in [2.05, 4.69) is 22.9 Å². The Labute approximate surface area is 80.7 Å². The predicted octanol–water partition coefficient (Wildman–Crippen LogP) is 3.65. The van der Waals surface area contributed by atoms with Gasteiger partial charge in [0.25, 0.3) is 0 Å². The van der Waals surface area contributed by atoms with E-state index in [4.69, 9.17) is 11.6 Å². The van der Waals surface area contributed by atoms with E-state index in [1.165, 1.54) is 5.56 Å². The Hall–Kier alpha value is -0.0100. The molecule has 1 aromatic rings. The minimum atomic E-state index is 0.286. The molecule has 0 aliphatic heterocycles. The summed E-state index contributed by atoms with van der Waals surface area (Å²) in [4.78, 5) is 0. The number of rotatable bonds is 2. The van der Waals surface area contributed by atoms with Crippen molar-refractivity contribution in [3.05, 3.63) is 41.8 Å². The first-order valence-electron chi connectivity index (χ1n) is 3.38. The van der Waals surface area contributed by atoms with Crippen LogP contribution in [-0.4, -0.2) is 5.33 Å². The lowest BCUT2D eigenvalue weighted by atomic mass is 10.0. The zero-order valence-electron chi connectivity index (χ0n) is 6.06. The molecule has 1 atom stereocenters. The van der Waals surface area contributed by atoms with Crippen LogP contribution in [0.4, 0.5) is 0 Å². The van der Waals surface area contributed by atoms with E-state index < -0.39 is 0 Å². The van der Waals surface area contributed by atoms with Gasteiger partial charge in [-0.1, -0.05) is 39.7 Å². The lowest BCUT2D eigenvalue weighted by Gasteiger charge is -2.06. The van der Waals surface area contributed by atoms with Crippen LogP contribution in [-0.2, 0) is 0 Å². The van der Waals surface area contributed by atoms with Crippen molar-refractivity contribution in [2.45, 2.75) is 5.92 Å². The van der Waals surface area contributed by atoms with Crippen molar-refractivity contribution in [1.82, 2.24) is 0 Å². The molecule has 0 aromatic heterocycles. The maximum Gasteiger partial charge on any atom is 0.0408 e. The minimum Gasteiger partial charge on any atom is -0.0921 e. The number of alkyl halides is 1. The summed E-state index contributed by atoms with van der Waals surface area (Å²) in [7, 11) is 0. The van der Waals surface area contributed by atoms with Crippen LogP contribution in [0.2, 0.25) is 5.02 Å². The smallest absolute Gasteiger partial charge is 0.0408 e. The summed E-state index contributed by atoms with van der Waals surface area (Å²) in [5.74, 6) is 0.286. The maximum atomic E-state index is 5.80. The zero-order valence-corrected chi connectivity index (χ0v) is 8.40. The number of halogens is 2. The third kappa shape index (κ3) is 2.49. The molecule has 11 heavy (non-hydrogen) atoms. The lowest BCUT2D eigenvalue weighted by Crippen LogP contribution is -1.93. The Morgan fingerprint density at radius 2 is 2.27 bits per heavy atom. The van der Waals surface area contributed by atoms with E-state index in [1.807, 2.05) is 24.3 Å². The van der Waals surface area contributed by atoms with Gasteiger partial charge in [0.1, 0.15) is 0 Å². The van der Waals surface area contributed by atoms with Crippen LogP contribution in [0, 0.1) is 6.92 Å². The summed E-state index contributed by atoms with van der Waals surface area (Å²) in [5.41, 5.74) is 1.18. The highest BCUT2D eigenvalue weighted by atomic mass is 79.9. The van der Waals surface area contributed by atoms with Crippen molar-refractivity contribution in [3.63, 3.8) is 0 Å². The average Bonchev–Trinajstić information content (AvgIpc) is 2.03. The van der Waals surface area contributed by atoms with Crippen LogP contribution < -0.4 is 0 Å². The average molecular weight is 233 g/mol. The third-order valence-corrected chi connectivity index (χ3v) is 2.52. The monoisotopic (exact) mass is 231 g/mol. The van der Waals surface area contributed by atoms with Gasteiger partial charge in [-0.3, -0.25) is 0 Å². The first-order valence-corrected chi connectivity index (χ1v) is 4.88. The van der Waals surface area contributed by atoms with Gasteiger partial charge >= 0.3 is 0 Å². The van der Waals surface area contributed by atoms with E-state index in [9.17, 15) is 0 Å². The van der Waals surface area contributed by atoms with Gasteiger partial charge in [0.05, 0.1) is 0 Å². The molecule has 1 rings (SSSR count). The van der Waals surface area contributed by atoms with E-state index in [0.717, 1.165) is 10.4 Å². The highest BCUT2D eigenvalue weighted by Crippen LogP contribution is 2.20. The van der Waals surface area contributed by atoms with Gasteiger partial charge in [0.15, 0.2) is 0 Å². The Morgan fingerprint density at radius 3 is 2.82 bits per heavy atom. The Balaban J connectivity index is 2.86. The molecule has 0 spiro atoms. The van der Waals surface area contributed by atoms with Gasteiger partial charge in [-0.25, -0.2) is 0 Å². The molecular weight excluding hydrogens is 223 g/mol. The second kappa shape index (κ2) is 4.13. The SMILES string of the molecule is [CH2]C(CBr)c1cccc(Cl)c1. The fourth-order valence-corrected chi connectivity index (χ4v) is 1.42. The molecule has 1 radical (unpaired) electrons. The molecule has 0 aliphatic carbocycles. The Kier molecular flexibility index (Phi) is 3.41. The van der Waals surface area contributed by atoms with Gasteiger partial charge in [0.2, 0.25) is 0 Å². The maximum absolute atomic E-state index is 5.80. The van der Waals surface area contributed by atoms with Crippen LogP contribution in [0.3, 0.4) is 0 Å². The van der Waals surface area contributed by atoms with Crippen molar-refractivity contribution in [1.29, 1.82) is 0 Å². The molecule has 0 fully saturated rings. The van der Waals surface area contributed by atoms with Crippen molar-refractivity contribution in [2.75, 3.05) is 5.33 Å². The fraction of sp³-hybridized carbons (Fsp3) is 0.222. The standard InChI is InChI=1S/C9H9BrCl/c1-7(6-10)8-3-2-4-9(11)5-8/h2-5,7H,1,6H2. The van der Waals surface area contributed by atoms with Gasteiger partial charge < -0.3 is 0 Å². The van der Waals surface area contributed by atoms with Crippen molar-refractivity contribution < 1.29 is 0 Å². The van der Waals surface area contributed by atoms with Crippen molar-refractivity contribution >= 4 is 27.5 Å². The van der Waals surface area contributed by atoms with Crippen molar-refractivity contribution in [3.8, 4) is 0 Å². The molecule has 0 amide bonds. The van der Waals surface area contributed by atoms with E-state index >= 15 is 0 Å². The number of benzene rings is 1. The minimum absolute atomic E-state index is 0.286. The molecular formula is C9H9BrCl. The summed E-state index contributed by atoms with van der Waals surface area (Å²) >= 11 is 9.17. The molecule has 0 saturated carbocycles. The molecule has 0 heterocycles. The van der Waals surface area contributed by atoms with Crippen LogP contribution in [0.25, 0.3) is 0 Å². The van der Waals surface area contributed by atoms with Crippen LogP contribution >= 0.6 is 27.5 Å². The Morgan fingerprint density at radius 1 is 1.55 bits per heavy atom. The summed E-state index contributed by atoms with van der Waals surface area (Å²) in [6.45, 7) is 3.96. The second-order valence-corrected chi connectivity index (χ2v) is 3.49.